The Kier molecular flexibility index (Phi) is 2.64. The first-order valence-electron chi connectivity index (χ1n) is 3.69. The number of hydrogen-bond acceptors (Lipinski definition) is 1. The molecule has 1 aromatic carbocycles. The summed E-state index contributed by atoms with van der Waals surface area (Å²) >= 11 is 14.8. The summed E-state index contributed by atoms with van der Waals surface area (Å²) in [4.78, 5) is 3.84. The van der Waals surface area contributed by atoms with Crippen molar-refractivity contribution in [3.8, 4) is 0 Å². The molecule has 0 radical (unpaired) electrons. The first kappa shape index (κ1) is 10.1. The third-order valence-electron chi connectivity index (χ3n) is 1.82. The second-order valence-corrected chi connectivity index (χ2v) is 4.29. The second kappa shape index (κ2) is 3.65. The molecule has 1 heterocycles. The van der Waals surface area contributed by atoms with Gasteiger partial charge < -0.3 is 0 Å². The smallest absolute Gasteiger partial charge is 0.139 e. The van der Waals surface area contributed by atoms with Crippen molar-refractivity contribution in [3.05, 3.63) is 38.8 Å². The minimum Gasteiger partial charge on any atom is -0.224 e. The highest BCUT2D eigenvalue weighted by molar-refractivity contribution is 9.10. The Morgan fingerprint density at radius 3 is 2.71 bits per heavy atom. The summed E-state index contributed by atoms with van der Waals surface area (Å²) in [6, 6.07) is 4.38. The van der Waals surface area contributed by atoms with Crippen molar-refractivity contribution >= 4 is 49.9 Å². The van der Waals surface area contributed by atoms with Gasteiger partial charge in [0.15, 0.2) is 0 Å². The zero-order valence-electron chi connectivity index (χ0n) is 6.69. The number of pyridine rings is 1. The van der Waals surface area contributed by atoms with Crippen molar-refractivity contribution in [3.63, 3.8) is 0 Å². The first-order chi connectivity index (χ1) is 6.59. The predicted octanol–water partition coefficient (Wildman–Crippen LogP) is 4.44. The van der Waals surface area contributed by atoms with Gasteiger partial charge in [-0.3, -0.25) is 0 Å². The van der Waals surface area contributed by atoms with Gasteiger partial charge in [-0.2, -0.15) is 0 Å². The summed E-state index contributed by atoms with van der Waals surface area (Å²) in [7, 11) is 0. The highest BCUT2D eigenvalue weighted by Crippen LogP contribution is 2.32. The van der Waals surface area contributed by atoms with E-state index in [1.54, 1.807) is 6.07 Å². The van der Waals surface area contributed by atoms with Crippen LogP contribution in [0.4, 0.5) is 4.39 Å². The van der Waals surface area contributed by atoms with E-state index in [1.165, 1.54) is 12.1 Å². The lowest BCUT2D eigenvalue weighted by molar-refractivity contribution is 0.639. The lowest BCUT2D eigenvalue weighted by Gasteiger charge is -2.04. The van der Waals surface area contributed by atoms with Gasteiger partial charge >= 0.3 is 0 Å². The Balaban J connectivity index is 3.00. The molecule has 0 fully saturated rings. The molecule has 0 spiro atoms. The number of aromatic nitrogens is 1. The summed E-state index contributed by atoms with van der Waals surface area (Å²) in [6.45, 7) is 0. The largest absolute Gasteiger partial charge is 0.224 e. The Labute approximate surface area is 98.0 Å². The van der Waals surface area contributed by atoms with Crippen LogP contribution in [0, 0.1) is 5.82 Å². The molecular formula is C9H3BrCl2FN. The van der Waals surface area contributed by atoms with Crippen LogP contribution in [0.2, 0.25) is 10.3 Å². The first-order valence-corrected chi connectivity index (χ1v) is 5.24. The van der Waals surface area contributed by atoms with Crippen molar-refractivity contribution in [2.45, 2.75) is 0 Å². The SMILES string of the molecule is Fc1ccc(Br)c2c(Cl)nc(Cl)cc12. The fraction of sp³-hybridized carbons (Fsp3) is 0. The molecule has 0 bridgehead atoms. The van der Waals surface area contributed by atoms with Crippen LogP contribution in [-0.2, 0) is 0 Å². The van der Waals surface area contributed by atoms with E-state index < -0.39 is 0 Å². The minimum absolute atomic E-state index is 0.180. The fourth-order valence-electron chi connectivity index (χ4n) is 1.22. The van der Waals surface area contributed by atoms with Gasteiger partial charge in [0.25, 0.3) is 0 Å². The highest BCUT2D eigenvalue weighted by atomic mass is 79.9. The number of hydrogen-bond donors (Lipinski definition) is 0. The molecule has 2 aromatic rings. The van der Waals surface area contributed by atoms with Crippen molar-refractivity contribution in [2.75, 3.05) is 0 Å². The zero-order chi connectivity index (χ0) is 10.3. The Hall–Kier alpha value is -0.380. The van der Waals surface area contributed by atoms with Gasteiger partial charge in [-0.15, -0.1) is 0 Å². The number of benzene rings is 1. The van der Waals surface area contributed by atoms with Gasteiger partial charge in [0, 0.05) is 15.2 Å². The second-order valence-electron chi connectivity index (χ2n) is 2.69. The van der Waals surface area contributed by atoms with Crippen molar-refractivity contribution < 1.29 is 4.39 Å². The maximum atomic E-state index is 13.4. The Morgan fingerprint density at radius 2 is 2.00 bits per heavy atom. The summed E-state index contributed by atoms with van der Waals surface area (Å²) in [5.74, 6) is -0.366. The van der Waals surface area contributed by atoms with Crippen LogP contribution in [0.15, 0.2) is 22.7 Å². The molecule has 2 rings (SSSR count). The van der Waals surface area contributed by atoms with Gasteiger partial charge in [-0.25, -0.2) is 9.37 Å². The topological polar surface area (TPSA) is 12.9 Å². The maximum Gasteiger partial charge on any atom is 0.139 e. The Bertz CT molecular complexity index is 516. The quantitative estimate of drug-likeness (QED) is 0.655. The van der Waals surface area contributed by atoms with Crippen LogP contribution in [0.25, 0.3) is 10.8 Å². The molecule has 0 saturated carbocycles. The third kappa shape index (κ3) is 1.60. The number of rotatable bonds is 0. The normalized spacial score (nSPS) is 10.9. The summed E-state index contributed by atoms with van der Waals surface area (Å²) in [5.41, 5.74) is 0. The minimum atomic E-state index is -0.366. The van der Waals surface area contributed by atoms with Crippen molar-refractivity contribution in [1.82, 2.24) is 4.98 Å². The predicted molar refractivity (Wildman–Crippen MR) is 59.4 cm³/mol. The van der Waals surface area contributed by atoms with Crippen LogP contribution >= 0.6 is 39.1 Å². The van der Waals surface area contributed by atoms with Gasteiger partial charge in [0.05, 0.1) is 0 Å². The van der Waals surface area contributed by atoms with Crippen molar-refractivity contribution in [2.24, 2.45) is 0 Å². The molecule has 0 unspecified atom stereocenters. The van der Waals surface area contributed by atoms with Crippen molar-refractivity contribution in [1.29, 1.82) is 0 Å². The van der Waals surface area contributed by atoms with Crippen LogP contribution < -0.4 is 0 Å². The molecule has 14 heavy (non-hydrogen) atoms. The monoisotopic (exact) mass is 293 g/mol. The van der Waals surface area contributed by atoms with E-state index in [1.807, 2.05) is 0 Å². The van der Waals surface area contributed by atoms with Crippen LogP contribution in [0.1, 0.15) is 0 Å². The molecule has 0 amide bonds. The van der Waals surface area contributed by atoms with Gasteiger partial charge in [-0.1, -0.05) is 39.1 Å². The molecule has 5 heteroatoms. The Morgan fingerprint density at radius 1 is 1.29 bits per heavy atom. The molecule has 0 N–H and O–H groups in total. The summed E-state index contributed by atoms with van der Waals surface area (Å²) in [5, 5.41) is 1.28. The lowest BCUT2D eigenvalue weighted by atomic mass is 10.2. The molecule has 0 aliphatic carbocycles. The third-order valence-corrected chi connectivity index (χ3v) is 2.94. The molecule has 0 aliphatic heterocycles. The molecular weight excluding hydrogens is 292 g/mol. The lowest BCUT2D eigenvalue weighted by Crippen LogP contribution is -1.86. The highest BCUT2D eigenvalue weighted by Gasteiger charge is 2.10. The maximum absolute atomic E-state index is 13.4. The number of nitrogens with zero attached hydrogens (tertiary/aromatic N) is 1. The van der Waals surface area contributed by atoms with Crippen LogP contribution in [-0.4, -0.2) is 4.98 Å². The van der Waals surface area contributed by atoms with E-state index in [0.717, 1.165) is 0 Å². The zero-order valence-corrected chi connectivity index (χ0v) is 9.79. The average Bonchev–Trinajstić information content (AvgIpc) is 2.10. The number of fused-ring (bicyclic) bond motifs is 1. The van der Waals surface area contributed by atoms with Crippen LogP contribution in [0.5, 0.6) is 0 Å². The molecule has 1 aromatic heterocycles. The van der Waals surface area contributed by atoms with E-state index in [2.05, 4.69) is 20.9 Å². The van der Waals surface area contributed by atoms with Gasteiger partial charge in [-0.05, 0) is 18.2 Å². The molecule has 0 aliphatic rings. The summed E-state index contributed by atoms with van der Waals surface area (Å²) < 4.78 is 14.1. The van der Waals surface area contributed by atoms with Crippen LogP contribution in [0.3, 0.4) is 0 Å². The van der Waals surface area contributed by atoms with Gasteiger partial charge in [0.2, 0.25) is 0 Å². The van der Waals surface area contributed by atoms with E-state index in [-0.39, 0.29) is 16.1 Å². The molecule has 1 nitrogen and oxygen atoms in total. The van der Waals surface area contributed by atoms with E-state index >= 15 is 0 Å². The standard InChI is InChI=1S/C9H3BrCl2FN/c10-5-1-2-6(13)4-3-7(11)14-9(12)8(4)5/h1-3H. The van der Waals surface area contributed by atoms with Gasteiger partial charge in [0.1, 0.15) is 16.1 Å². The number of halogens is 4. The van der Waals surface area contributed by atoms with E-state index in [4.69, 9.17) is 23.2 Å². The van der Waals surface area contributed by atoms with E-state index in [9.17, 15) is 4.39 Å². The molecule has 0 saturated heterocycles. The van der Waals surface area contributed by atoms with E-state index in [0.29, 0.717) is 15.2 Å². The molecule has 0 atom stereocenters. The average molecular weight is 295 g/mol. The summed E-state index contributed by atoms with van der Waals surface area (Å²) in [6.07, 6.45) is 0. The molecule has 72 valence electrons. The fourth-order valence-corrected chi connectivity index (χ4v) is 2.40.